The lowest BCUT2D eigenvalue weighted by Gasteiger charge is -2.26. The molecule has 0 saturated carbocycles. The number of fused-ring (bicyclic) bond motifs is 1. The summed E-state index contributed by atoms with van der Waals surface area (Å²) in [6.07, 6.45) is 2.25. The molecule has 29 heavy (non-hydrogen) atoms. The van der Waals surface area contributed by atoms with Gasteiger partial charge in [-0.25, -0.2) is 4.68 Å². The second-order valence-corrected chi connectivity index (χ2v) is 7.62. The number of hydrogen-bond acceptors (Lipinski definition) is 2. The van der Waals surface area contributed by atoms with Crippen LogP contribution in [0.1, 0.15) is 22.9 Å². The van der Waals surface area contributed by atoms with Gasteiger partial charge in [0.1, 0.15) is 5.82 Å². The standard InChI is InChI=1S/C25H20ClN3/c1-17-24(20-12-14-21(26)15-13-20)25-27-22(18-8-4-2-5-9-18)16-23(29(25)28-17)19-10-6-3-7-11-19/h2-16,23,27H,1H3/t23-/m1/s1. The average Bonchev–Trinajstić information content (AvgIpc) is 3.10. The molecule has 1 aromatic heterocycles. The molecule has 0 aliphatic carbocycles. The zero-order chi connectivity index (χ0) is 19.8. The quantitative estimate of drug-likeness (QED) is 0.423. The molecule has 4 aromatic rings. The fourth-order valence-electron chi connectivity index (χ4n) is 3.90. The number of nitrogens with one attached hydrogen (secondary N) is 1. The number of anilines is 1. The number of benzene rings is 3. The topological polar surface area (TPSA) is 29.9 Å². The first-order valence-electron chi connectivity index (χ1n) is 9.65. The summed E-state index contributed by atoms with van der Waals surface area (Å²) in [4.78, 5) is 0. The van der Waals surface area contributed by atoms with E-state index in [-0.39, 0.29) is 6.04 Å². The van der Waals surface area contributed by atoms with Crippen LogP contribution in [0.15, 0.2) is 91.0 Å². The van der Waals surface area contributed by atoms with Crippen molar-refractivity contribution in [3.8, 4) is 11.1 Å². The molecule has 0 fully saturated rings. The van der Waals surface area contributed by atoms with Gasteiger partial charge in [-0.2, -0.15) is 5.10 Å². The van der Waals surface area contributed by atoms with Crippen molar-refractivity contribution in [1.82, 2.24) is 9.78 Å². The smallest absolute Gasteiger partial charge is 0.138 e. The lowest BCUT2D eigenvalue weighted by atomic mass is 10.00. The van der Waals surface area contributed by atoms with Gasteiger partial charge in [-0.3, -0.25) is 0 Å². The van der Waals surface area contributed by atoms with Gasteiger partial charge < -0.3 is 5.32 Å². The maximum absolute atomic E-state index is 6.12. The van der Waals surface area contributed by atoms with E-state index in [1.54, 1.807) is 0 Å². The normalized spacial score (nSPS) is 15.4. The van der Waals surface area contributed by atoms with E-state index in [1.807, 2.05) is 36.4 Å². The van der Waals surface area contributed by atoms with Gasteiger partial charge in [-0.05, 0) is 41.8 Å². The first kappa shape index (κ1) is 17.8. The molecule has 142 valence electrons. The summed E-state index contributed by atoms with van der Waals surface area (Å²) in [6, 6.07) is 28.9. The van der Waals surface area contributed by atoms with Gasteiger partial charge in [0.2, 0.25) is 0 Å². The Labute approximate surface area is 175 Å². The molecule has 1 aliphatic heterocycles. The van der Waals surface area contributed by atoms with Crippen LogP contribution in [0.2, 0.25) is 5.02 Å². The number of aromatic nitrogens is 2. The highest BCUT2D eigenvalue weighted by atomic mass is 35.5. The lowest BCUT2D eigenvalue weighted by molar-refractivity contribution is 0.608. The van der Waals surface area contributed by atoms with Crippen LogP contribution in [0, 0.1) is 6.92 Å². The van der Waals surface area contributed by atoms with Gasteiger partial charge in [-0.1, -0.05) is 84.4 Å². The SMILES string of the molecule is Cc1nn2c(c1-c1ccc(Cl)cc1)NC(c1ccccc1)=C[C@@H]2c1ccccc1. The minimum absolute atomic E-state index is 0.0161. The largest absolute Gasteiger partial charge is 0.340 e. The first-order valence-corrected chi connectivity index (χ1v) is 10.0. The Hall–Kier alpha value is -3.30. The van der Waals surface area contributed by atoms with Crippen molar-refractivity contribution in [3.05, 3.63) is 113 Å². The van der Waals surface area contributed by atoms with Crippen LogP contribution in [0.4, 0.5) is 5.82 Å². The molecular weight excluding hydrogens is 378 g/mol. The van der Waals surface area contributed by atoms with E-state index in [9.17, 15) is 0 Å². The van der Waals surface area contributed by atoms with Gasteiger partial charge in [0.15, 0.2) is 0 Å². The molecule has 0 saturated heterocycles. The van der Waals surface area contributed by atoms with Crippen LogP contribution in [0.3, 0.4) is 0 Å². The Morgan fingerprint density at radius 3 is 2.17 bits per heavy atom. The fourth-order valence-corrected chi connectivity index (χ4v) is 4.03. The van der Waals surface area contributed by atoms with E-state index in [0.29, 0.717) is 0 Å². The molecule has 5 rings (SSSR count). The minimum Gasteiger partial charge on any atom is -0.340 e. The third-order valence-corrected chi connectivity index (χ3v) is 5.54. The second-order valence-electron chi connectivity index (χ2n) is 7.19. The molecule has 2 heterocycles. The van der Waals surface area contributed by atoms with Crippen molar-refractivity contribution in [3.63, 3.8) is 0 Å². The van der Waals surface area contributed by atoms with E-state index in [1.165, 1.54) is 5.56 Å². The lowest BCUT2D eigenvalue weighted by Crippen LogP contribution is -2.20. The molecule has 0 amide bonds. The summed E-state index contributed by atoms with van der Waals surface area (Å²) in [5.74, 6) is 1.00. The Balaban J connectivity index is 1.70. The molecule has 1 aliphatic rings. The Bertz CT molecular complexity index is 1180. The summed E-state index contributed by atoms with van der Waals surface area (Å²) < 4.78 is 2.08. The van der Waals surface area contributed by atoms with Crippen molar-refractivity contribution >= 4 is 23.1 Å². The highest BCUT2D eigenvalue weighted by Gasteiger charge is 2.27. The molecule has 3 nitrogen and oxygen atoms in total. The van der Waals surface area contributed by atoms with E-state index in [2.05, 4.69) is 71.5 Å². The molecule has 3 aromatic carbocycles. The monoisotopic (exact) mass is 397 g/mol. The predicted molar refractivity (Wildman–Crippen MR) is 120 cm³/mol. The summed E-state index contributed by atoms with van der Waals surface area (Å²) in [5.41, 5.74) is 6.63. The van der Waals surface area contributed by atoms with Gasteiger partial charge in [0, 0.05) is 16.3 Å². The van der Waals surface area contributed by atoms with Crippen molar-refractivity contribution in [2.45, 2.75) is 13.0 Å². The van der Waals surface area contributed by atoms with Gasteiger partial charge >= 0.3 is 0 Å². The molecule has 1 N–H and O–H groups in total. The number of nitrogens with zero attached hydrogens (tertiary/aromatic N) is 2. The Kier molecular flexibility index (Phi) is 4.45. The first-order chi connectivity index (χ1) is 14.2. The van der Waals surface area contributed by atoms with Crippen molar-refractivity contribution in [1.29, 1.82) is 0 Å². The average molecular weight is 398 g/mol. The molecule has 0 spiro atoms. The number of allylic oxidation sites excluding steroid dienone is 1. The number of hydrogen-bond donors (Lipinski definition) is 1. The molecule has 0 bridgehead atoms. The van der Waals surface area contributed by atoms with Crippen LogP contribution >= 0.6 is 11.6 Å². The summed E-state index contributed by atoms with van der Waals surface area (Å²) in [6.45, 7) is 2.06. The minimum atomic E-state index is 0.0161. The van der Waals surface area contributed by atoms with Crippen molar-refractivity contribution < 1.29 is 0 Å². The van der Waals surface area contributed by atoms with Crippen LogP contribution in [0.5, 0.6) is 0 Å². The maximum atomic E-state index is 6.12. The summed E-state index contributed by atoms with van der Waals surface area (Å²) in [7, 11) is 0. The molecule has 4 heteroatoms. The second kappa shape index (κ2) is 7.26. The number of halogens is 1. The van der Waals surface area contributed by atoms with Crippen LogP contribution < -0.4 is 5.32 Å². The highest BCUT2D eigenvalue weighted by molar-refractivity contribution is 6.30. The third kappa shape index (κ3) is 3.24. The number of rotatable bonds is 3. The zero-order valence-corrected chi connectivity index (χ0v) is 16.8. The van der Waals surface area contributed by atoms with Gasteiger partial charge in [0.25, 0.3) is 0 Å². The van der Waals surface area contributed by atoms with Crippen molar-refractivity contribution in [2.75, 3.05) is 5.32 Å². The number of aryl methyl sites for hydroxylation is 1. The highest BCUT2D eigenvalue weighted by Crippen LogP contribution is 2.41. The Morgan fingerprint density at radius 1 is 0.828 bits per heavy atom. The molecule has 0 unspecified atom stereocenters. The van der Waals surface area contributed by atoms with Gasteiger partial charge in [0.05, 0.1) is 11.7 Å². The van der Waals surface area contributed by atoms with E-state index in [4.69, 9.17) is 16.7 Å². The molecule has 0 radical (unpaired) electrons. The van der Waals surface area contributed by atoms with Crippen LogP contribution in [0.25, 0.3) is 16.8 Å². The predicted octanol–water partition coefficient (Wildman–Crippen LogP) is 6.57. The van der Waals surface area contributed by atoms with E-state index < -0.39 is 0 Å². The molecular formula is C25H20ClN3. The maximum Gasteiger partial charge on any atom is 0.138 e. The van der Waals surface area contributed by atoms with Gasteiger partial charge in [-0.15, -0.1) is 0 Å². The van der Waals surface area contributed by atoms with Crippen molar-refractivity contribution in [2.24, 2.45) is 0 Å². The fraction of sp³-hybridized carbons (Fsp3) is 0.0800. The summed E-state index contributed by atoms with van der Waals surface area (Å²) >= 11 is 6.12. The van der Waals surface area contributed by atoms with E-state index >= 15 is 0 Å². The van der Waals surface area contributed by atoms with E-state index in [0.717, 1.165) is 38.9 Å². The van der Waals surface area contributed by atoms with Crippen LogP contribution in [-0.4, -0.2) is 9.78 Å². The van der Waals surface area contributed by atoms with Crippen LogP contribution in [-0.2, 0) is 0 Å². The molecule has 1 atom stereocenters. The zero-order valence-electron chi connectivity index (χ0n) is 16.0. The summed E-state index contributed by atoms with van der Waals surface area (Å²) in [5, 5.41) is 9.29. The third-order valence-electron chi connectivity index (χ3n) is 5.29. The Morgan fingerprint density at radius 2 is 1.48 bits per heavy atom.